The van der Waals surface area contributed by atoms with E-state index in [9.17, 15) is 0 Å². The number of aliphatic imine (C=N–C) groups is 1. The second kappa shape index (κ2) is 10.0. The Balaban J connectivity index is 0.00000400. The van der Waals surface area contributed by atoms with Crippen molar-refractivity contribution in [3.63, 3.8) is 0 Å². The van der Waals surface area contributed by atoms with E-state index in [2.05, 4.69) is 60.4 Å². The van der Waals surface area contributed by atoms with E-state index in [-0.39, 0.29) is 24.0 Å². The molecule has 0 amide bonds. The number of hydrogen-bond donors (Lipinski definition) is 3. The summed E-state index contributed by atoms with van der Waals surface area (Å²) >= 11 is 0. The smallest absolute Gasteiger partial charge is 0.191 e. The lowest BCUT2D eigenvalue weighted by Gasteiger charge is -2.23. The summed E-state index contributed by atoms with van der Waals surface area (Å²) in [5.74, 6) is 0.864. The summed E-state index contributed by atoms with van der Waals surface area (Å²) in [6.07, 6.45) is 4.08. The largest absolute Gasteiger partial charge is 0.357 e. The van der Waals surface area contributed by atoms with Gasteiger partial charge >= 0.3 is 0 Å². The summed E-state index contributed by atoms with van der Waals surface area (Å²) in [7, 11) is 0. The maximum atomic E-state index is 4.56. The zero-order valence-electron chi connectivity index (χ0n) is 13.9. The van der Waals surface area contributed by atoms with Crippen LogP contribution in [-0.4, -0.2) is 28.7 Å². The first-order valence-corrected chi connectivity index (χ1v) is 7.44. The topological polar surface area (TPSA) is 65.1 Å². The lowest BCUT2D eigenvalue weighted by molar-refractivity contribution is 0.346. The average Bonchev–Trinajstić information content (AvgIpc) is 2.86. The fourth-order valence-corrected chi connectivity index (χ4v) is 1.81. The van der Waals surface area contributed by atoms with E-state index in [0.29, 0.717) is 18.0 Å². The third-order valence-electron chi connectivity index (χ3n) is 3.02. The minimum atomic E-state index is 0. The van der Waals surface area contributed by atoms with E-state index in [1.54, 1.807) is 6.20 Å². The van der Waals surface area contributed by atoms with Gasteiger partial charge in [0.1, 0.15) is 0 Å². The van der Waals surface area contributed by atoms with Crippen LogP contribution in [0.4, 0.5) is 0 Å². The molecule has 1 unspecified atom stereocenters. The van der Waals surface area contributed by atoms with Crippen LogP contribution in [0.2, 0.25) is 0 Å². The average molecular weight is 407 g/mol. The molecule has 1 atom stereocenters. The standard InChI is InChI=1S/C15H29N5.HI/c1-6-16-14(17-11-13-8-10-18-20-13)19-12(2)7-9-15(3,4)5;/h8,10,12H,6-7,9,11H2,1-5H3,(H,18,20)(H2,16,17,19);1H. The van der Waals surface area contributed by atoms with Crippen molar-refractivity contribution in [1.82, 2.24) is 20.8 Å². The summed E-state index contributed by atoms with van der Waals surface area (Å²) < 4.78 is 0. The van der Waals surface area contributed by atoms with Gasteiger partial charge in [0.25, 0.3) is 0 Å². The van der Waals surface area contributed by atoms with Crippen LogP contribution >= 0.6 is 24.0 Å². The zero-order chi connectivity index (χ0) is 15.0. The third-order valence-corrected chi connectivity index (χ3v) is 3.02. The van der Waals surface area contributed by atoms with Gasteiger partial charge in [0.15, 0.2) is 5.96 Å². The van der Waals surface area contributed by atoms with Gasteiger partial charge in [-0.15, -0.1) is 24.0 Å². The van der Waals surface area contributed by atoms with E-state index < -0.39 is 0 Å². The van der Waals surface area contributed by atoms with Crippen molar-refractivity contribution in [2.45, 2.75) is 60.0 Å². The quantitative estimate of drug-likeness (QED) is 0.385. The Morgan fingerprint density at radius 1 is 1.43 bits per heavy atom. The Morgan fingerprint density at radius 2 is 2.14 bits per heavy atom. The van der Waals surface area contributed by atoms with Gasteiger partial charge in [0, 0.05) is 18.8 Å². The van der Waals surface area contributed by atoms with Gasteiger partial charge in [-0.2, -0.15) is 5.10 Å². The Morgan fingerprint density at radius 3 is 2.67 bits per heavy atom. The van der Waals surface area contributed by atoms with Crippen molar-refractivity contribution in [1.29, 1.82) is 0 Å². The maximum Gasteiger partial charge on any atom is 0.191 e. The van der Waals surface area contributed by atoms with E-state index >= 15 is 0 Å². The van der Waals surface area contributed by atoms with Crippen LogP contribution in [-0.2, 0) is 6.54 Å². The van der Waals surface area contributed by atoms with Crippen molar-refractivity contribution >= 4 is 29.9 Å². The Bertz CT molecular complexity index is 395. The molecule has 21 heavy (non-hydrogen) atoms. The summed E-state index contributed by atoms with van der Waals surface area (Å²) in [5, 5.41) is 13.6. The van der Waals surface area contributed by atoms with Crippen molar-refractivity contribution in [3.05, 3.63) is 18.0 Å². The van der Waals surface area contributed by atoms with Crippen LogP contribution < -0.4 is 10.6 Å². The molecule has 1 heterocycles. The molecule has 1 rings (SSSR count). The molecule has 0 fully saturated rings. The number of aromatic nitrogens is 2. The molecule has 122 valence electrons. The van der Waals surface area contributed by atoms with Gasteiger partial charge in [-0.3, -0.25) is 5.10 Å². The molecule has 6 heteroatoms. The Kier molecular flexibility index (Phi) is 9.65. The SMILES string of the molecule is CCNC(=NCc1ccn[nH]1)NC(C)CCC(C)(C)C.I. The van der Waals surface area contributed by atoms with Crippen LogP contribution in [0.5, 0.6) is 0 Å². The lowest BCUT2D eigenvalue weighted by atomic mass is 9.89. The highest BCUT2D eigenvalue weighted by atomic mass is 127. The highest BCUT2D eigenvalue weighted by Crippen LogP contribution is 2.21. The first-order chi connectivity index (χ1) is 9.40. The van der Waals surface area contributed by atoms with Gasteiger partial charge in [-0.05, 0) is 38.2 Å². The number of hydrogen-bond acceptors (Lipinski definition) is 2. The number of guanidine groups is 1. The minimum Gasteiger partial charge on any atom is -0.357 e. The summed E-state index contributed by atoms with van der Waals surface area (Å²) in [4.78, 5) is 4.56. The van der Waals surface area contributed by atoms with Gasteiger partial charge < -0.3 is 10.6 Å². The van der Waals surface area contributed by atoms with E-state index in [0.717, 1.165) is 24.6 Å². The number of H-pyrrole nitrogens is 1. The minimum absolute atomic E-state index is 0. The Hall–Kier alpha value is -0.790. The Labute approximate surface area is 145 Å². The third kappa shape index (κ3) is 9.71. The lowest BCUT2D eigenvalue weighted by Crippen LogP contribution is -2.42. The first kappa shape index (κ1) is 20.2. The highest BCUT2D eigenvalue weighted by Gasteiger charge is 2.13. The van der Waals surface area contributed by atoms with E-state index in [1.165, 1.54) is 6.42 Å². The predicted molar refractivity (Wildman–Crippen MR) is 100 cm³/mol. The molecule has 0 aliphatic carbocycles. The molecular formula is C15H30IN5. The van der Waals surface area contributed by atoms with Crippen LogP contribution in [0, 0.1) is 5.41 Å². The monoisotopic (exact) mass is 407 g/mol. The van der Waals surface area contributed by atoms with Crippen molar-refractivity contribution in [2.75, 3.05) is 6.54 Å². The molecule has 5 nitrogen and oxygen atoms in total. The molecule has 0 bridgehead atoms. The number of nitrogens with one attached hydrogen (secondary N) is 3. The normalized spacial score (nSPS) is 13.5. The second-order valence-electron chi connectivity index (χ2n) is 6.42. The highest BCUT2D eigenvalue weighted by molar-refractivity contribution is 14.0. The van der Waals surface area contributed by atoms with Gasteiger partial charge in [0.2, 0.25) is 0 Å². The molecule has 0 saturated heterocycles. The van der Waals surface area contributed by atoms with Crippen LogP contribution in [0.15, 0.2) is 17.3 Å². The molecule has 0 spiro atoms. The van der Waals surface area contributed by atoms with Crippen LogP contribution in [0.1, 0.15) is 53.2 Å². The fraction of sp³-hybridized carbons (Fsp3) is 0.733. The van der Waals surface area contributed by atoms with Crippen molar-refractivity contribution < 1.29 is 0 Å². The van der Waals surface area contributed by atoms with Crippen LogP contribution in [0.3, 0.4) is 0 Å². The first-order valence-electron chi connectivity index (χ1n) is 7.44. The fourth-order valence-electron chi connectivity index (χ4n) is 1.81. The molecule has 0 aromatic carbocycles. The zero-order valence-corrected chi connectivity index (χ0v) is 16.2. The number of nitrogens with zero attached hydrogens (tertiary/aromatic N) is 2. The van der Waals surface area contributed by atoms with Gasteiger partial charge in [0.05, 0.1) is 12.2 Å². The second-order valence-corrected chi connectivity index (χ2v) is 6.42. The molecule has 1 aromatic rings. The van der Waals surface area contributed by atoms with Crippen LogP contribution in [0.25, 0.3) is 0 Å². The van der Waals surface area contributed by atoms with Gasteiger partial charge in [-0.25, -0.2) is 4.99 Å². The molecule has 0 aliphatic rings. The summed E-state index contributed by atoms with van der Waals surface area (Å²) in [5.41, 5.74) is 1.39. The molecule has 3 N–H and O–H groups in total. The number of aromatic amines is 1. The molecule has 0 aliphatic heterocycles. The van der Waals surface area contributed by atoms with Crippen molar-refractivity contribution in [3.8, 4) is 0 Å². The van der Waals surface area contributed by atoms with E-state index in [4.69, 9.17) is 0 Å². The molecule has 0 saturated carbocycles. The van der Waals surface area contributed by atoms with E-state index in [1.807, 2.05) is 6.07 Å². The molecular weight excluding hydrogens is 377 g/mol. The molecule has 1 aromatic heterocycles. The number of halogens is 1. The summed E-state index contributed by atoms with van der Waals surface area (Å²) in [6.45, 7) is 12.6. The molecule has 0 radical (unpaired) electrons. The summed E-state index contributed by atoms with van der Waals surface area (Å²) in [6, 6.07) is 2.35. The number of rotatable bonds is 6. The van der Waals surface area contributed by atoms with Crippen molar-refractivity contribution in [2.24, 2.45) is 10.4 Å². The maximum absolute atomic E-state index is 4.56. The predicted octanol–water partition coefficient (Wildman–Crippen LogP) is 3.30. The van der Waals surface area contributed by atoms with Gasteiger partial charge in [-0.1, -0.05) is 20.8 Å².